The van der Waals surface area contributed by atoms with Crippen molar-refractivity contribution in [1.29, 1.82) is 5.26 Å². The van der Waals surface area contributed by atoms with Crippen molar-refractivity contribution >= 4 is 23.5 Å². The molecule has 0 aliphatic rings. The molecule has 6 heteroatoms. The van der Waals surface area contributed by atoms with E-state index >= 15 is 0 Å². The molecule has 0 fully saturated rings. The number of nitriles is 1. The van der Waals surface area contributed by atoms with E-state index in [0.29, 0.717) is 21.9 Å². The topological polar surface area (TPSA) is 52.9 Å². The molecule has 0 atom stereocenters. The largest absolute Gasteiger partial charge is 0.331 e. The minimum Gasteiger partial charge on any atom is -0.331 e. The van der Waals surface area contributed by atoms with Gasteiger partial charge in [-0.1, -0.05) is 60.7 Å². The van der Waals surface area contributed by atoms with Crippen molar-refractivity contribution in [1.82, 2.24) is 5.09 Å². The molecule has 0 spiro atoms. The second kappa shape index (κ2) is 10.3. The Morgan fingerprint density at radius 1 is 0.735 bits per heavy atom. The van der Waals surface area contributed by atoms with Gasteiger partial charge in [0.15, 0.2) is 0 Å². The van der Waals surface area contributed by atoms with Crippen molar-refractivity contribution in [2.75, 3.05) is 0 Å². The number of rotatable bonds is 7. The molecule has 0 aliphatic carbocycles. The van der Waals surface area contributed by atoms with Gasteiger partial charge in [-0.15, -0.1) is 0 Å². The molecule has 4 rings (SSSR count). The van der Waals surface area contributed by atoms with E-state index in [9.17, 15) is 18.6 Å². The number of nitrogens with one attached hydrogen (secondary N) is 1. The molecule has 0 saturated heterocycles. The van der Waals surface area contributed by atoms with Gasteiger partial charge in [-0.3, -0.25) is 4.57 Å². The van der Waals surface area contributed by atoms with Crippen LogP contribution in [0.15, 0.2) is 115 Å². The summed E-state index contributed by atoms with van der Waals surface area (Å²) in [5.74, 6) is -0.797. The van der Waals surface area contributed by atoms with E-state index in [1.165, 1.54) is 36.4 Å². The van der Waals surface area contributed by atoms with Crippen molar-refractivity contribution < 1.29 is 13.3 Å². The smallest absolute Gasteiger partial charge is 0.226 e. The predicted octanol–water partition coefficient (Wildman–Crippen LogP) is 5.96. The molecular weight excluding hydrogens is 449 g/mol. The fraction of sp³-hybridized carbons (Fsp3) is 0.0357. The van der Waals surface area contributed by atoms with Crippen LogP contribution in [0.5, 0.6) is 0 Å². The molecule has 1 N–H and O–H groups in total. The Morgan fingerprint density at radius 3 is 1.68 bits per heavy atom. The van der Waals surface area contributed by atoms with Crippen LogP contribution in [0.25, 0.3) is 5.57 Å². The Balaban J connectivity index is 1.89. The first kappa shape index (κ1) is 23.2. The van der Waals surface area contributed by atoms with E-state index in [1.54, 1.807) is 60.7 Å². The predicted molar refractivity (Wildman–Crippen MR) is 132 cm³/mol. The molecule has 34 heavy (non-hydrogen) atoms. The van der Waals surface area contributed by atoms with Crippen molar-refractivity contribution in [3.05, 3.63) is 138 Å². The minimum absolute atomic E-state index is 0.199. The Kier molecular flexibility index (Phi) is 7.01. The molecule has 0 aromatic heterocycles. The van der Waals surface area contributed by atoms with Crippen LogP contribution >= 0.6 is 7.29 Å². The monoisotopic (exact) mass is 470 g/mol. The fourth-order valence-corrected chi connectivity index (χ4v) is 5.97. The summed E-state index contributed by atoms with van der Waals surface area (Å²) in [4.78, 5) is 0. The lowest BCUT2D eigenvalue weighted by atomic mass is 10.0. The summed E-state index contributed by atoms with van der Waals surface area (Å²) in [5, 5.41) is 14.5. The van der Waals surface area contributed by atoms with Crippen LogP contribution in [0.1, 0.15) is 11.1 Å². The third-order valence-electron chi connectivity index (χ3n) is 5.37. The summed E-state index contributed by atoms with van der Waals surface area (Å²) in [6.07, 6.45) is 0.199. The molecule has 0 saturated carbocycles. The Morgan fingerprint density at radius 2 is 1.21 bits per heavy atom. The number of hydrogen-bond acceptors (Lipinski definition) is 2. The zero-order valence-corrected chi connectivity index (χ0v) is 19.1. The standard InChI is InChI=1S/C28H21F2N2OP/c29-23-15-11-21(12-16-23)19-28(27(20-31)22-13-17-24(30)18-14-22)32-34(33,25-7-3-1-4-8-25)26-9-5-2-6-10-26/h1-18H,19H2,(H,32,33)/b28-27-. The third kappa shape index (κ3) is 5.14. The average molecular weight is 470 g/mol. The van der Waals surface area contributed by atoms with Gasteiger partial charge in [-0.2, -0.15) is 5.26 Å². The van der Waals surface area contributed by atoms with Crippen LogP contribution in [-0.4, -0.2) is 0 Å². The molecule has 4 aromatic rings. The SMILES string of the molecule is N#C/C(=C(\Cc1ccc(F)cc1)NP(=O)(c1ccccc1)c1ccccc1)c1ccc(F)cc1. The molecule has 0 aliphatic heterocycles. The van der Waals surface area contributed by atoms with Gasteiger partial charge in [0.25, 0.3) is 0 Å². The first-order valence-corrected chi connectivity index (χ1v) is 12.3. The van der Waals surface area contributed by atoms with Crippen molar-refractivity contribution in [3.8, 4) is 6.07 Å². The third-order valence-corrected chi connectivity index (χ3v) is 8.01. The van der Waals surface area contributed by atoms with E-state index in [1.807, 2.05) is 12.1 Å². The van der Waals surface area contributed by atoms with E-state index in [2.05, 4.69) is 11.2 Å². The van der Waals surface area contributed by atoms with Gasteiger partial charge in [0.05, 0.1) is 5.57 Å². The molecular formula is C28H21F2N2OP. The van der Waals surface area contributed by atoms with Crippen LogP contribution in [0.2, 0.25) is 0 Å². The summed E-state index contributed by atoms with van der Waals surface area (Å²) in [6, 6.07) is 31.7. The van der Waals surface area contributed by atoms with Gasteiger partial charge >= 0.3 is 0 Å². The first-order valence-electron chi connectivity index (χ1n) is 10.6. The highest BCUT2D eigenvalue weighted by molar-refractivity contribution is 7.77. The molecule has 0 amide bonds. The summed E-state index contributed by atoms with van der Waals surface area (Å²) < 4.78 is 41.7. The molecule has 0 heterocycles. The highest BCUT2D eigenvalue weighted by Crippen LogP contribution is 2.41. The number of benzene rings is 4. The van der Waals surface area contributed by atoms with E-state index in [4.69, 9.17) is 0 Å². The lowest BCUT2D eigenvalue weighted by molar-refractivity contribution is 0.582. The molecule has 0 radical (unpaired) electrons. The summed E-state index contributed by atoms with van der Waals surface area (Å²) >= 11 is 0. The molecule has 168 valence electrons. The number of nitrogens with zero attached hydrogens (tertiary/aromatic N) is 1. The zero-order chi connectivity index (χ0) is 24.0. The van der Waals surface area contributed by atoms with Gasteiger partial charge in [-0.05, 0) is 59.7 Å². The average Bonchev–Trinajstić information content (AvgIpc) is 2.88. The maximum absolute atomic E-state index is 14.6. The maximum atomic E-state index is 14.6. The van der Waals surface area contributed by atoms with Gasteiger partial charge in [0.1, 0.15) is 17.7 Å². The number of halogens is 2. The maximum Gasteiger partial charge on any atom is 0.226 e. The van der Waals surface area contributed by atoms with Gasteiger partial charge in [0, 0.05) is 22.7 Å². The van der Waals surface area contributed by atoms with Crippen LogP contribution in [0.3, 0.4) is 0 Å². The first-order chi connectivity index (χ1) is 16.5. The van der Waals surface area contributed by atoms with Crippen LogP contribution in [0, 0.1) is 23.0 Å². The highest BCUT2D eigenvalue weighted by atomic mass is 31.2. The Bertz CT molecular complexity index is 1340. The van der Waals surface area contributed by atoms with Crippen molar-refractivity contribution in [3.63, 3.8) is 0 Å². The molecule has 3 nitrogen and oxygen atoms in total. The Labute approximate surface area is 197 Å². The van der Waals surface area contributed by atoms with Crippen LogP contribution in [-0.2, 0) is 11.0 Å². The number of hydrogen-bond donors (Lipinski definition) is 1. The normalized spacial score (nSPS) is 11.9. The molecule has 4 aromatic carbocycles. The second-order valence-electron chi connectivity index (χ2n) is 7.67. The van der Waals surface area contributed by atoms with E-state index in [0.717, 1.165) is 5.56 Å². The summed E-state index contributed by atoms with van der Waals surface area (Å²) in [7, 11) is -3.43. The van der Waals surface area contributed by atoms with Crippen LogP contribution < -0.4 is 15.7 Å². The van der Waals surface area contributed by atoms with Crippen molar-refractivity contribution in [2.45, 2.75) is 6.42 Å². The summed E-state index contributed by atoms with van der Waals surface area (Å²) in [6.45, 7) is 0. The summed E-state index contributed by atoms with van der Waals surface area (Å²) in [5.41, 5.74) is 1.85. The van der Waals surface area contributed by atoms with Gasteiger partial charge in [0.2, 0.25) is 7.29 Å². The van der Waals surface area contributed by atoms with Gasteiger partial charge < -0.3 is 5.09 Å². The van der Waals surface area contributed by atoms with Gasteiger partial charge in [-0.25, -0.2) is 8.78 Å². The number of allylic oxidation sites excluding steroid dienone is 2. The lowest BCUT2D eigenvalue weighted by Gasteiger charge is -2.24. The zero-order valence-electron chi connectivity index (χ0n) is 18.2. The van der Waals surface area contributed by atoms with E-state index < -0.39 is 13.1 Å². The second-order valence-corrected chi connectivity index (χ2v) is 10.1. The molecule has 0 bridgehead atoms. The minimum atomic E-state index is -3.43. The van der Waals surface area contributed by atoms with Crippen LogP contribution in [0.4, 0.5) is 8.78 Å². The lowest BCUT2D eigenvalue weighted by Crippen LogP contribution is -2.28. The fourth-order valence-electron chi connectivity index (χ4n) is 3.66. The van der Waals surface area contributed by atoms with Crippen molar-refractivity contribution in [2.24, 2.45) is 0 Å². The quantitative estimate of drug-likeness (QED) is 0.268. The Hall–Kier alpha value is -4.00. The molecule has 0 unspecified atom stereocenters. The van der Waals surface area contributed by atoms with E-state index in [-0.39, 0.29) is 17.8 Å². The highest BCUT2D eigenvalue weighted by Gasteiger charge is 2.29.